The highest BCUT2D eigenvalue weighted by Crippen LogP contribution is 2.55. The van der Waals surface area contributed by atoms with Gasteiger partial charge < -0.3 is 14.2 Å². The van der Waals surface area contributed by atoms with Crippen LogP contribution in [0.25, 0.3) is 0 Å². The minimum atomic E-state index is -4.50. The van der Waals surface area contributed by atoms with Crippen LogP contribution >= 0.6 is 22.6 Å². The molecule has 2 aliphatic rings. The normalized spacial score (nSPS) is 39.7. The molecule has 2 aliphatic heterocycles. The largest absolute Gasteiger partial charge is 0.469 e. The zero-order chi connectivity index (χ0) is 15.2. The van der Waals surface area contributed by atoms with Gasteiger partial charge in [0.15, 0.2) is 0 Å². The number of halogens is 4. The van der Waals surface area contributed by atoms with E-state index in [0.29, 0.717) is 0 Å². The number of ether oxygens (including phenoxy) is 3. The Kier molecular flexibility index (Phi) is 4.20. The van der Waals surface area contributed by atoms with Crippen LogP contribution in [0.4, 0.5) is 13.2 Å². The molecule has 0 saturated carbocycles. The highest BCUT2D eigenvalue weighted by Gasteiger charge is 2.70. The van der Waals surface area contributed by atoms with Crippen molar-refractivity contribution in [1.82, 2.24) is 0 Å². The second kappa shape index (κ2) is 5.32. The van der Waals surface area contributed by atoms with Gasteiger partial charge in [-0.2, -0.15) is 13.2 Å². The molecule has 0 spiro atoms. The Labute approximate surface area is 126 Å². The number of carbonyl (C=O) groups is 2. The van der Waals surface area contributed by atoms with Gasteiger partial charge in [-0.1, -0.05) is 22.6 Å². The van der Waals surface area contributed by atoms with Crippen LogP contribution in [0.1, 0.15) is 0 Å². The Hall–Kier alpha value is -0.580. The Morgan fingerprint density at radius 3 is 1.90 bits per heavy atom. The van der Waals surface area contributed by atoms with E-state index in [1.54, 1.807) is 22.6 Å². The summed E-state index contributed by atoms with van der Waals surface area (Å²) in [6, 6.07) is 0. The second-order valence-electron chi connectivity index (χ2n) is 4.68. The monoisotopic (exact) mass is 408 g/mol. The van der Waals surface area contributed by atoms with Crippen LogP contribution in [-0.4, -0.2) is 48.5 Å². The zero-order valence-corrected chi connectivity index (χ0v) is 12.7. The van der Waals surface area contributed by atoms with E-state index in [-0.39, 0.29) is 0 Å². The van der Waals surface area contributed by atoms with Gasteiger partial charge in [0.2, 0.25) is 0 Å². The third-order valence-electron chi connectivity index (χ3n) is 3.74. The molecule has 0 aromatic rings. The van der Waals surface area contributed by atoms with Crippen LogP contribution < -0.4 is 0 Å². The highest BCUT2D eigenvalue weighted by atomic mass is 127. The number of alkyl halides is 4. The molecular weight excluding hydrogens is 396 g/mol. The first-order chi connectivity index (χ1) is 9.23. The lowest BCUT2D eigenvalue weighted by Crippen LogP contribution is -2.51. The fraction of sp³-hybridized carbons (Fsp3) is 0.818. The molecule has 0 amide bonds. The number of esters is 2. The van der Waals surface area contributed by atoms with Crippen LogP contribution in [0.5, 0.6) is 0 Å². The summed E-state index contributed by atoms with van der Waals surface area (Å²) in [5.74, 6) is -5.77. The van der Waals surface area contributed by atoms with E-state index in [4.69, 9.17) is 4.74 Å². The summed E-state index contributed by atoms with van der Waals surface area (Å²) >= 11 is 1.62. The molecule has 114 valence electrons. The quantitative estimate of drug-likeness (QED) is 0.392. The molecule has 0 radical (unpaired) electrons. The van der Waals surface area contributed by atoms with Gasteiger partial charge >= 0.3 is 18.1 Å². The van der Waals surface area contributed by atoms with Gasteiger partial charge in [-0.05, 0) is 0 Å². The van der Waals surface area contributed by atoms with Crippen LogP contribution in [-0.2, 0) is 23.8 Å². The zero-order valence-electron chi connectivity index (χ0n) is 10.5. The summed E-state index contributed by atoms with van der Waals surface area (Å²) in [6.07, 6.45) is -6.90. The van der Waals surface area contributed by atoms with Crippen molar-refractivity contribution in [3.8, 4) is 0 Å². The maximum absolute atomic E-state index is 13.1. The van der Waals surface area contributed by atoms with Gasteiger partial charge in [-0.15, -0.1) is 0 Å². The smallest absolute Gasteiger partial charge is 0.395 e. The number of rotatable bonds is 2. The average molecular weight is 408 g/mol. The molecule has 20 heavy (non-hydrogen) atoms. The third-order valence-corrected chi connectivity index (χ3v) is 5.23. The summed E-state index contributed by atoms with van der Waals surface area (Å²) in [5.41, 5.74) is 0. The summed E-state index contributed by atoms with van der Waals surface area (Å²) in [5, 5.41) is 0. The number of fused-ring (bicyclic) bond motifs is 2. The maximum Gasteiger partial charge on any atom is 0.395 e. The van der Waals surface area contributed by atoms with Crippen LogP contribution in [0.15, 0.2) is 0 Å². The Balaban J connectivity index is 2.37. The van der Waals surface area contributed by atoms with Crippen molar-refractivity contribution in [1.29, 1.82) is 0 Å². The fourth-order valence-corrected chi connectivity index (χ4v) is 4.36. The Morgan fingerprint density at radius 2 is 1.50 bits per heavy atom. The number of hydrogen-bond donors (Lipinski definition) is 0. The minimum Gasteiger partial charge on any atom is -0.469 e. The second-order valence-corrected chi connectivity index (χ2v) is 6.11. The molecule has 0 unspecified atom stereocenters. The summed E-state index contributed by atoms with van der Waals surface area (Å²) < 4.78 is 52.6. The molecule has 6 atom stereocenters. The van der Waals surface area contributed by atoms with Crippen molar-refractivity contribution >= 4 is 34.5 Å². The molecule has 9 heteroatoms. The van der Waals surface area contributed by atoms with Gasteiger partial charge in [-0.25, -0.2) is 0 Å². The molecule has 2 fully saturated rings. The van der Waals surface area contributed by atoms with Gasteiger partial charge in [0.1, 0.15) is 0 Å². The summed E-state index contributed by atoms with van der Waals surface area (Å²) in [4.78, 5) is 23.5. The van der Waals surface area contributed by atoms with Crippen molar-refractivity contribution in [2.45, 2.75) is 22.3 Å². The lowest BCUT2D eigenvalue weighted by atomic mass is 9.73. The predicted molar refractivity (Wildman–Crippen MR) is 67.0 cm³/mol. The maximum atomic E-state index is 13.1. The first kappa shape index (κ1) is 15.8. The van der Waals surface area contributed by atoms with E-state index < -0.39 is 52.0 Å². The predicted octanol–water partition coefficient (Wildman–Crippen LogP) is 1.33. The van der Waals surface area contributed by atoms with Crippen LogP contribution in [0.2, 0.25) is 0 Å². The molecular formula is C11H12F3IO5. The Bertz CT molecular complexity index is 427. The SMILES string of the molecule is COC(=O)[C@@H]1[C@@H]2O[C@@H]([C@@H](I)[C@H]2C(F)(F)F)[C@@H]1C(=O)OC. The van der Waals surface area contributed by atoms with E-state index in [1.807, 2.05) is 0 Å². The third kappa shape index (κ3) is 2.28. The molecule has 2 rings (SSSR count). The lowest BCUT2D eigenvalue weighted by Gasteiger charge is -2.33. The molecule has 2 heterocycles. The van der Waals surface area contributed by atoms with Crippen molar-refractivity contribution in [2.75, 3.05) is 14.2 Å². The van der Waals surface area contributed by atoms with E-state index in [0.717, 1.165) is 14.2 Å². The molecule has 5 nitrogen and oxygen atoms in total. The van der Waals surface area contributed by atoms with Gasteiger partial charge in [-0.3, -0.25) is 9.59 Å². The van der Waals surface area contributed by atoms with E-state index in [2.05, 4.69) is 9.47 Å². The van der Waals surface area contributed by atoms with Crippen molar-refractivity contribution < 1.29 is 37.0 Å². The van der Waals surface area contributed by atoms with Gasteiger partial charge in [0, 0.05) is 0 Å². The first-order valence-corrected chi connectivity index (χ1v) is 7.00. The number of methoxy groups -OCH3 is 2. The van der Waals surface area contributed by atoms with Gasteiger partial charge in [0.05, 0.1) is 48.1 Å². The van der Waals surface area contributed by atoms with Crippen LogP contribution in [0.3, 0.4) is 0 Å². The van der Waals surface area contributed by atoms with Gasteiger partial charge in [0.25, 0.3) is 0 Å². The van der Waals surface area contributed by atoms with E-state index in [9.17, 15) is 22.8 Å². The lowest BCUT2D eigenvalue weighted by molar-refractivity contribution is -0.194. The fourth-order valence-electron chi connectivity index (χ4n) is 2.93. The van der Waals surface area contributed by atoms with E-state index >= 15 is 0 Å². The van der Waals surface area contributed by atoms with E-state index in [1.165, 1.54) is 0 Å². The molecule has 2 saturated heterocycles. The first-order valence-electron chi connectivity index (χ1n) is 5.76. The molecule has 0 aliphatic carbocycles. The van der Waals surface area contributed by atoms with Crippen molar-refractivity contribution in [3.05, 3.63) is 0 Å². The highest BCUT2D eigenvalue weighted by molar-refractivity contribution is 14.1. The molecule has 2 bridgehead atoms. The summed E-state index contributed by atoms with van der Waals surface area (Å²) in [6.45, 7) is 0. The topological polar surface area (TPSA) is 61.8 Å². The standard InChI is InChI=1S/C11H12F3IO5/c1-18-9(16)3-4(10(17)19-2)8-6(15)5(7(3)20-8)11(12,13)14/h3-8H,1-2H3/t3-,4+,5+,6-,7-,8+/m0/s1. The molecule has 0 N–H and O–H groups in total. The van der Waals surface area contributed by atoms with Crippen LogP contribution in [0, 0.1) is 17.8 Å². The van der Waals surface area contributed by atoms with Crippen molar-refractivity contribution in [2.24, 2.45) is 17.8 Å². The Morgan fingerprint density at radius 1 is 1.05 bits per heavy atom. The summed E-state index contributed by atoms with van der Waals surface area (Å²) in [7, 11) is 2.18. The average Bonchev–Trinajstić information content (AvgIpc) is 2.90. The number of carbonyl (C=O) groups excluding carboxylic acids is 2. The molecule has 0 aromatic heterocycles. The van der Waals surface area contributed by atoms with Crippen molar-refractivity contribution in [3.63, 3.8) is 0 Å². The minimum absolute atomic E-state index is 0.754. The number of hydrogen-bond acceptors (Lipinski definition) is 5. The molecule has 0 aromatic carbocycles.